The van der Waals surface area contributed by atoms with Crippen molar-refractivity contribution in [2.24, 2.45) is 5.92 Å². The highest BCUT2D eigenvalue weighted by molar-refractivity contribution is 5.37. The van der Waals surface area contributed by atoms with Crippen LogP contribution in [0.1, 0.15) is 44.2 Å². The van der Waals surface area contributed by atoms with Crippen molar-refractivity contribution in [3.63, 3.8) is 0 Å². The summed E-state index contributed by atoms with van der Waals surface area (Å²) in [5, 5.41) is 3.55. The Hall–Kier alpha value is -1.06. The van der Waals surface area contributed by atoms with Crippen molar-refractivity contribution in [1.82, 2.24) is 5.32 Å². The lowest BCUT2D eigenvalue weighted by molar-refractivity contribution is 0.0922. The summed E-state index contributed by atoms with van der Waals surface area (Å²) in [6, 6.07) is 7.12. The molecule has 1 aromatic carbocycles. The number of rotatable bonds is 10. The van der Waals surface area contributed by atoms with Gasteiger partial charge in [0.2, 0.25) is 0 Å². The van der Waals surface area contributed by atoms with Gasteiger partial charge < -0.3 is 14.8 Å². The predicted octanol–water partition coefficient (Wildman–Crippen LogP) is 3.69. The Labute approximate surface area is 129 Å². The third kappa shape index (κ3) is 6.49. The van der Waals surface area contributed by atoms with E-state index in [0.717, 1.165) is 31.4 Å². The molecule has 0 aromatic heterocycles. The second kappa shape index (κ2) is 8.40. The quantitative estimate of drug-likeness (QED) is 0.667. The first-order valence-electron chi connectivity index (χ1n) is 8.18. The van der Waals surface area contributed by atoms with E-state index in [1.54, 1.807) is 0 Å². The van der Waals surface area contributed by atoms with Crippen molar-refractivity contribution < 1.29 is 9.47 Å². The molecule has 0 atom stereocenters. The van der Waals surface area contributed by atoms with Crippen molar-refractivity contribution in [2.45, 2.75) is 52.6 Å². The molecule has 0 unspecified atom stereocenters. The minimum atomic E-state index is 0.623. The summed E-state index contributed by atoms with van der Waals surface area (Å²) in [4.78, 5) is 0. The molecule has 2 rings (SSSR count). The average Bonchev–Trinajstić information content (AvgIpc) is 3.26. The largest absolute Gasteiger partial charge is 0.491 e. The van der Waals surface area contributed by atoms with Gasteiger partial charge in [-0.2, -0.15) is 0 Å². The molecule has 0 heterocycles. The summed E-state index contributed by atoms with van der Waals surface area (Å²) >= 11 is 0. The number of ether oxygens (including phenoxy) is 2. The fourth-order valence-corrected chi connectivity index (χ4v) is 2.16. The van der Waals surface area contributed by atoms with Crippen LogP contribution in [0.25, 0.3) is 0 Å². The van der Waals surface area contributed by atoms with Gasteiger partial charge in [-0.1, -0.05) is 31.5 Å². The SMILES string of the molecule is Cc1ccc(OCCOCCC(C)C)c(CNC2CC2)c1. The lowest BCUT2D eigenvalue weighted by Crippen LogP contribution is -2.17. The topological polar surface area (TPSA) is 30.5 Å². The minimum Gasteiger partial charge on any atom is -0.491 e. The lowest BCUT2D eigenvalue weighted by atomic mass is 10.1. The monoisotopic (exact) mass is 291 g/mol. The number of aryl methyl sites for hydroxylation is 1. The van der Waals surface area contributed by atoms with Crippen LogP contribution in [0.15, 0.2) is 18.2 Å². The first kappa shape index (κ1) is 16.3. The summed E-state index contributed by atoms with van der Waals surface area (Å²) in [5.41, 5.74) is 2.53. The van der Waals surface area contributed by atoms with Crippen LogP contribution >= 0.6 is 0 Å². The van der Waals surface area contributed by atoms with E-state index in [4.69, 9.17) is 9.47 Å². The maximum Gasteiger partial charge on any atom is 0.123 e. The van der Waals surface area contributed by atoms with Crippen LogP contribution in [0.4, 0.5) is 0 Å². The summed E-state index contributed by atoms with van der Waals surface area (Å²) in [6.07, 6.45) is 3.73. The highest BCUT2D eigenvalue weighted by Crippen LogP contribution is 2.23. The first-order valence-corrected chi connectivity index (χ1v) is 8.18. The molecule has 0 aliphatic heterocycles. The summed E-state index contributed by atoms with van der Waals surface area (Å²) in [5.74, 6) is 1.68. The van der Waals surface area contributed by atoms with Crippen molar-refractivity contribution >= 4 is 0 Å². The lowest BCUT2D eigenvalue weighted by Gasteiger charge is -2.13. The van der Waals surface area contributed by atoms with E-state index >= 15 is 0 Å². The van der Waals surface area contributed by atoms with Crippen LogP contribution in [0, 0.1) is 12.8 Å². The van der Waals surface area contributed by atoms with Gasteiger partial charge in [0, 0.05) is 24.8 Å². The van der Waals surface area contributed by atoms with Crippen molar-refractivity contribution in [2.75, 3.05) is 19.8 Å². The van der Waals surface area contributed by atoms with E-state index in [9.17, 15) is 0 Å². The van der Waals surface area contributed by atoms with E-state index in [0.29, 0.717) is 19.1 Å². The molecule has 0 radical (unpaired) electrons. The molecule has 0 bridgehead atoms. The molecule has 0 spiro atoms. The smallest absolute Gasteiger partial charge is 0.123 e. The third-order valence-electron chi connectivity index (χ3n) is 3.70. The maximum absolute atomic E-state index is 5.89. The molecule has 1 aromatic rings. The average molecular weight is 291 g/mol. The zero-order valence-electron chi connectivity index (χ0n) is 13.7. The summed E-state index contributed by atoms with van der Waals surface area (Å²) < 4.78 is 11.5. The molecule has 1 aliphatic carbocycles. The zero-order chi connectivity index (χ0) is 15.1. The molecular weight excluding hydrogens is 262 g/mol. The summed E-state index contributed by atoms with van der Waals surface area (Å²) in [6.45, 7) is 9.56. The molecular formula is C18H29NO2. The van der Waals surface area contributed by atoms with E-state index in [2.05, 4.69) is 44.3 Å². The van der Waals surface area contributed by atoms with Crippen LogP contribution in [0.2, 0.25) is 0 Å². The molecule has 1 aliphatic rings. The van der Waals surface area contributed by atoms with Gasteiger partial charge in [-0.15, -0.1) is 0 Å². The maximum atomic E-state index is 5.89. The first-order chi connectivity index (χ1) is 10.1. The molecule has 0 saturated heterocycles. The summed E-state index contributed by atoms with van der Waals surface area (Å²) in [7, 11) is 0. The Morgan fingerprint density at radius 2 is 2.00 bits per heavy atom. The van der Waals surface area contributed by atoms with Gasteiger partial charge in [0.15, 0.2) is 0 Å². The molecule has 3 nitrogen and oxygen atoms in total. The van der Waals surface area contributed by atoms with E-state index in [-0.39, 0.29) is 0 Å². The molecule has 1 fully saturated rings. The normalized spacial score (nSPS) is 14.7. The Kier molecular flexibility index (Phi) is 6.52. The van der Waals surface area contributed by atoms with Crippen LogP contribution in [-0.2, 0) is 11.3 Å². The fraction of sp³-hybridized carbons (Fsp3) is 0.667. The van der Waals surface area contributed by atoms with E-state index in [1.165, 1.54) is 24.0 Å². The van der Waals surface area contributed by atoms with Gasteiger partial charge in [0.05, 0.1) is 6.61 Å². The van der Waals surface area contributed by atoms with Gasteiger partial charge in [-0.25, -0.2) is 0 Å². The van der Waals surface area contributed by atoms with E-state index < -0.39 is 0 Å². The second-order valence-corrected chi connectivity index (χ2v) is 6.41. The Bertz CT molecular complexity index is 427. The number of nitrogens with one attached hydrogen (secondary N) is 1. The van der Waals surface area contributed by atoms with E-state index in [1.807, 2.05) is 0 Å². The second-order valence-electron chi connectivity index (χ2n) is 6.41. The third-order valence-corrected chi connectivity index (χ3v) is 3.70. The molecule has 1 saturated carbocycles. The Morgan fingerprint density at radius 1 is 1.19 bits per heavy atom. The van der Waals surface area contributed by atoms with Gasteiger partial charge in [-0.05, 0) is 38.2 Å². The van der Waals surface area contributed by atoms with Crippen LogP contribution in [-0.4, -0.2) is 25.9 Å². The van der Waals surface area contributed by atoms with Gasteiger partial charge in [-0.3, -0.25) is 0 Å². The predicted molar refractivity (Wildman–Crippen MR) is 86.8 cm³/mol. The Morgan fingerprint density at radius 3 is 2.71 bits per heavy atom. The molecule has 0 amide bonds. The van der Waals surface area contributed by atoms with Crippen molar-refractivity contribution in [3.05, 3.63) is 29.3 Å². The van der Waals surface area contributed by atoms with Crippen LogP contribution in [0.5, 0.6) is 5.75 Å². The molecule has 3 heteroatoms. The van der Waals surface area contributed by atoms with Crippen LogP contribution in [0.3, 0.4) is 0 Å². The number of benzene rings is 1. The van der Waals surface area contributed by atoms with Gasteiger partial charge >= 0.3 is 0 Å². The number of hydrogen-bond acceptors (Lipinski definition) is 3. The zero-order valence-corrected chi connectivity index (χ0v) is 13.7. The highest BCUT2D eigenvalue weighted by Gasteiger charge is 2.20. The van der Waals surface area contributed by atoms with Gasteiger partial charge in [0.25, 0.3) is 0 Å². The molecule has 1 N–H and O–H groups in total. The molecule has 118 valence electrons. The standard InChI is InChI=1S/C18H29NO2/c1-14(2)8-9-20-10-11-21-18-7-4-15(3)12-16(18)13-19-17-5-6-17/h4,7,12,14,17,19H,5-6,8-11,13H2,1-3H3. The fourth-order valence-electron chi connectivity index (χ4n) is 2.16. The van der Waals surface area contributed by atoms with Crippen LogP contribution < -0.4 is 10.1 Å². The van der Waals surface area contributed by atoms with Crippen molar-refractivity contribution in [1.29, 1.82) is 0 Å². The minimum absolute atomic E-state index is 0.623. The highest BCUT2D eigenvalue weighted by atomic mass is 16.5. The van der Waals surface area contributed by atoms with Gasteiger partial charge in [0.1, 0.15) is 12.4 Å². The Balaban J connectivity index is 1.73. The molecule has 21 heavy (non-hydrogen) atoms. The van der Waals surface area contributed by atoms with Crippen molar-refractivity contribution in [3.8, 4) is 5.75 Å². The number of hydrogen-bond donors (Lipinski definition) is 1.